The number of halogens is 1. The lowest BCUT2D eigenvalue weighted by Gasteiger charge is -2.22. The predicted octanol–water partition coefficient (Wildman–Crippen LogP) is 4.45. The first-order chi connectivity index (χ1) is 17.8. The summed E-state index contributed by atoms with van der Waals surface area (Å²) in [6, 6.07) is 16.7. The summed E-state index contributed by atoms with van der Waals surface area (Å²) in [4.78, 5) is 18.0. The molecule has 1 saturated heterocycles. The first kappa shape index (κ1) is 25.8. The van der Waals surface area contributed by atoms with Gasteiger partial charge in [-0.15, -0.1) is 0 Å². The smallest absolute Gasteiger partial charge is 0.243 e. The zero-order chi connectivity index (χ0) is 26.2. The van der Waals surface area contributed by atoms with Gasteiger partial charge in [0.15, 0.2) is 0 Å². The van der Waals surface area contributed by atoms with Gasteiger partial charge in [-0.05, 0) is 67.1 Å². The number of aliphatic hydroxyl groups is 2. The van der Waals surface area contributed by atoms with Crippen LogP contribution in [-0.2, 0) is 26.8 Å². The average molecular weight is 548 g/mol. The lowest BCUT2D eigenvalue weighted by atomic mass is 9.93. The second kappa shape index (κ2) is 10.2. The highest BCUT2D eigenvalue weighted by Gasteiger charge is 2.51. The Labute approximate surface area is 225 Å². The van der Waals surface area contributed by atoms with Gasteiger partial charge in [0, 0.05) is 27.5 Å². The molecule has 1 aromatic heterocycles. The molecule has 2 aromatic carbocycles. The summed E-state index contributed by atoms with van der Waals surface area (Å²) < 4.78 is 27.4. The van der Waals surface area contributed by atoms with E-state index < -0.39 is 15.4 Å². The number of hydrogen-bond acceptors (Lipinski definition) is 6. The number of carbonyl (C=O) groups is 1. The Hall–Kier alpha value is -2.82. The normalized spacial score (nSPS) is 19.1. The first-order valence-corrected chi connectivity index (χ1v) is 14.0. The minimum Gasteiger partial charge on any atom is -0.395 e. The zero-order valence-electron chi connectivity index (χ0n) is 20.1. The van der Waals surface area contributed by atoms with Crippen molar-refractivity contribution in [2.24, 2.45) is 0 Å². The lowest BCUT2D eigenvalue weighted by Crippen LogP contribution is -2.37. The first-order valence-electron chi connectivity index (χ1n) is 12.2. The van der Waals surface area contributed by atoms with Gasteiger partial charge in [-0.2, -0.15) is 4.31 Å². The number of sulfonamides is 1. The highest BCUT2D eigenvalue weighted by atomic mass is 35.5. The van der Waals surface area contributed by atoms with Crippen LogP contribution in [0.2, 0.25) is 5.02 Å². The molecule has 1 atom stereocenters. The van der Waals surface area contributed by atoms with Crippen LogP contribution in [0.1, 0.15) is 41.1 Å². The maximum atomic E-state index is 13.2. The van der Waals surface area contributed by atoms with E-state index in [1.807, 2.05) is 6.07 Å². The van der Waals surface area contributed by atoms with E-state index in [4.69, 9.17) is 11.6 Å². The van der Waals surface area contributed by atoms with Gasteiger partial charge in [0.1, 0.15) is 5.82 Å². The topological polar surface area (TPSA) is 120 Å². The fourth-order valence-electron chi connectivity index (χ4n) is 4.91. The van der Waals surface area contributed by atoms with Crippen LogP contribution in [-0.4, -0.2) is 53.0 Å². The summed E-state index contributed by atoms with van der Waals surface area (Å²) in [5, 5.41) is 22.4. The monoisotopic (exact) mass is 547 g/mol. The summed E-state index contributed by atoms with van der Waals surface area (Å²) in [5.41, 5.74) is 2.02. The molecule has 3 N–H and O–H groups in total. The number of aromatic nitrogens is 1. The Morgan fingerprint density at radius 3 is 2.57 bits per heavy atom. The second-order valence-corrected chi connectivity index (χ2v) is 11.8. The minimum absolute atomic E-state index is 0. The molecule has 1 amide bonds. The van der Waals surface area contributed by atoms with Crippen LogP contribution >= 0.6 is 11.6 Å². The minimum atomic E-state index is -3.69. The molecule has 2 fully saturated rings. The summed E-state index contributed by atoms with van der Waals surface area (Å²) in [6.07, 6.45) is 2.76. The number of nitrogens with zero attached hydrogens (tertiary/aromatic N) is 2. The Balaban J connectivity index is 0.00000187. The number of hydrogen-bond donors (Lipinski definition) is 3. The largest absolute Gasteiger partial charge is 0.395 e. The van der Waals surface area contributed by atoms with Crippen LogP contribution in [0.3, 0.4) is 0 Å². The van der Waals surface area contributed by atoms with Gasteiger partial charge in [-0.3, -0.25) is 4.79 Å². The molecule has 2 aliphatic rings. The van der Waals surface area contributed by atoms with E-state index in [1.165, 1.54) is 4.31 Å². The summed E-state index contributed by atoms with van der Waals surface area (Å²) >= 11 is 6.12. The van der Waals surface area contributed by atoms with Crippen molar-refractivity contribution < 1.29 is 27.7 Å². The Morgan fingerprint density at radius 1 is 1.14 bits per heavy atom. The van der Waals surface area contributed by atoms with Crippen LogP contribution in [0.4, 0.5) is 5.82 Å². The number of aliphatic hydroxyl groups excluding tert-OH is 2. The molecular weight excluding hydrogens is 514 g/mol. The van der Waals surface area contributed by atoms with Crippen molar-refractivity contribution in [3.05, 3.63) is 76.8 Å². The van der Waals surface area contributed by atoms with Gasteiger partial charge < -0.3 is 15.5 Å². The van der Waals surface area contributed by atoms with Crippen molar-refractivity contribution in [2.45, 2.75) is 48.6 Å². The predicted molar refractivity (Wildman–Crippen MR) is 147 cm³/mol. The molecule has 200 valence electrons. The van der Waals surface area contributed by atoms with Crippen LogP contribution in [0.15, 0.2) is 65.6 Å². The Bertz CT molecular complexity index is 1440. The Morgan fingerprint density at radius 2 is 1.89 bits per heavy atom. The summed E-state index contributed by atoms with van der Waals surface area (Å²) in [7, 11) is -3.69. The van der Waals surface area contributed by atoms with Gasteiger partial charge in [0.05, 0.1) is 29.2 Å². The number of benzene rings is 2. The average Bonchev–Trinajstić information content (AvgIpc) is 3.58. The van der Waals surface area contributed by atoms with Gasteiger partial charge in [0.25, 0.3) is 0 Å². The third kappa shape index (κ3) is 4.89. The molecule has 2 heterocycles. The van der Waals surface area contributed by atoms with Crippen LogP contribution in [0.5, 0.6) is 0 Å². The van der Waals surface area contributed by atoms with Crippen molar-refractivity contribution in [3.63, 3.8) is 0 Å². The molecule has 8 nitrogen and oxygen atoms in total. The van der Waals surface area contributed by atoms with E-state index in [9.17, 15) is 23.4 Å². The number of anilines is 1. The third-order valence-electron chi connectivity index (χ3n) is 7.23. The number of amides is 1. The maximum absolute atomic E-state index is 13.2. The standard InChI is InChI=1S/C27H28ClN3O5S.3H2/c28-23-11-8-20(15-19(23)16-32)27(12-13-27)26(34)30-25-5-1-4-24(29-25)18-6-9-22(10-7-18)37(35,36)31-14-2-3-21(31)17-33;;;/h1,4-11,15,21,32-33H,2-3,12-14,16-17H2,(H,29,30,34);3*1H/t21-;;;/m1.../s1. The molecule has 3 aromatic rings. The van der Waals surface area contributed by atoms with E-state index in [2.05, 4.69) is 10.3 Å². The van der Waals surface area contributed by atoms with Gasteiger partial charge in [-0.25, -0.2) is 13.4 Å². The molecule has 5 rings (SSSR count). The Kier molecular flexibility index (Phi) is 7.08. The van der Waals surface area contributed by atoms with Gasteiger partial charge >= 0.3 is 0 Å². The molecule has 10 heteroatoms. The zero-order valence-corrected chi connectivity index (χ0v) is 21.7. The summed E-state index contributed by atoms with van der Waals surface area (Å²) in [5.74, 6) is 0.221. The van der Waals surface area contributed by atoms with Crippen molar-refractivity contribution in [1.82, 2.24) is 9.29 Å². The highest BCUT2D eigenvalue weighted by Crippen LogP contribution is 2.49. The SMILES string of the molecule is O=C(Nc1cccc(-c2ccc(S(=O)(=O)N3CCC[C@@H]3CO)cc2)n1)C1(c2ccc(Cl)c(CO)c2)CC1.[HH].[HH].[HH]. The molecule has 37 heavy (non-hydrogen) atoms. The number of nitrogens with one attached hydrogen (secondary N) is 1. The van der Waals surface area contributed by atoms with Crippen molar-refractivity contribution >= 4 is 33.3 Å². The van der Waals surface area contributed by atoms with E-state index in [1.54, 1.807) is 54.6 Å². The van der Waals surface area contributed by atoms with Gasteiger partial charge in [0.2, 0.25) is 15.9 Å². The quantitative estimate of drug-likeness (QED) is 0.383. The summed E-state index contributed by atoms with van der Waals surface area (Å²) in [6.45, 7) is 0.00714. The fraction of sp³-hybridized carbons (Fsp3) is 0.333. The van der Waals surface area contributed by atoms with E-state index >= 15 is 0 Å². The molecule has 0 radical (unpaired) electrons. The van der Waals surface area contributed by atoms with Crippen molar-refractivity contribution in [2.75, 3.05) is 18.5 Å². The molecule has 1 aliphatic heterocycles. The number of pyridine rings is 1. The maximum Gasteiger partial charge on any atom is 0.243 e. The number of rotatable bonds is 8. The lowest BCUT2D eigenvalue weighted by molar-refractivity contribution is -0.118. The molecule has 0 bridgehead atoms. The van der Waals surface area contributed by atoms with Gasteiger partial charge in [-0.1, -0.05) is 41.9 Å². The molecular formula is C27H34ClN3O5S. The molecule has 1 saturated carbocycles. The second-order valence-electron chi connectivity index (χ2n) is 9.53. The van der Waals surface area contributed by atoms with Crippen LogP contribution in [0, 0.1) is 0 Å². The third-order valence-corrected chi connectivity index (χ3v) is 9.57. The van der Waals surface area contributed by atoms with E-state index in [-0.39, 0.29) is 34.3 Å². The fourth-order valence-corrected chi connectivity index (χ4v) is 6.77. The molecule has 0 unspecified atom stereocenters. The van der Waals surface area contributed by atoms with E-state index in [0.29, 0.717) is 53.5 Å². The molecule has 0 spiro atoms. The van der Waals surface area contributed by atoms with E-state index in [0.717, 1.165) is 12.0 Å². The highest BCUT2D eigenvalue weighted by molar-refractivity contribution is 7.89. The molecule has 1 aliphatic carbocycles. The van der Waals surface area contributed by atoms with Crippen LogP contribution in [0.25, 0.3) is 11.3 Å². The van der Waals surface area contributed by atoms with Crippen molar-refractivity contribution in [3.8, 4) is 11.3 Å². The number of carbonyl (C=O) groups excluding carboxylic acids is 1. The van der Waals surface area contributed by atoms with Crippen LogP contribution < -0.4 is 5.32 Å². The van der Waals surface area contributed by atoms with Crippen molar-refractivity contribution in [1.29, 1.82) is 0 Å².